The normalized spacial score (nSPS) is 17.6. The summed E-state index contributed by atoms with van der Waals surface area (Å²) in [5.41, 5.74) is 0.812. The Morgan fingerprint density at radius 1 is 1.12 bits per heavy atom. The predicted molar refractivity (Wildman–Crippen MR) is 62.0 cm³/mol. The molecular formula is C13H15NO3. The summed E-state index contributed by atoms with van der Waals surface area (Å²) in [5, 5.41) is 9.90. The maximum Gasteiger partial charge on any atom is 0.229 e. The van der Waals surface area contributed by atoms with Crippen LogP contribution in [0, 0.1) is 0 Å². The van der Waals surface area contributed by atoms with Gasteiger partial charge in [0.05, 0.1) is 6.10 Å². The van der Waals surface area contributed by atoms with Gasteiger partial charge >= 0.3 is 0 Å². The van der Waals surface area contributed by atoms with Crippen molar-refractivity contribution in [1.29, 1.82) is 0 Å². The van der Waals surface area contributed by atoms with E-state index in [9.17, 15) is 14.7 Å². The second-order valence-corrected chi connectivity index (χ2v) is 4.15. The number of aliphatic hydroxyl groups is 1. The summed E-state index contributed by atoms with van der Waals surface area (Å²) in [5.74, 6) is -0.259. The van der Waals surface area contributed by atoms with Crippen LogP contribution in [0.25, 0.3) is 0 Å². The van der Waals surface area contributed by atoms with Crippen molar-refractivity contribution >= 4 is 11.8 Å². The van der Waals surface area contributed by atoms with E-state index < -0.39 is 6.10 Å². The third-order valence-electron chi connectivity index (χ3n) is 2.97. The standard InChI is InChI=1S/C13H15NO3/c15-11(10-4-2-1-3-5-10)8-9-14-12(16)6-7-13(14)17/h1-5,11,15H,6-9H2. The molecule has 1 aromatic carbocycles. The first kappa shape index (κ1) is 11.8. The van der Waals surface area contributed by atoms with Gasteiger partial charge < -0.3 is 5.11 Å². The summed E-state index contributed by atoms with van der Waals surface area (Å²) < 4.78 is 0. The number of rotatable bonds is 4. The molecule has 0 spiro atoms. The molecule has 4 heteroatoms. The zero-order chi connectivity index (χ0) is 12.3. The molecule has 1 aliphatic heterocycles. The van der Waals surface area contributed by atoms with E-state index in [0.717, 1.165) is 5.56 Å². The van der Waals surface area contributed by atoms with Crippen molar-refractivity contribution in [2.75, 3.05) is 6.54 Å². The van der Waals surface area contributed by atoms with E-state index in [1.807, 2.05) is 30.3 Å². The topological polar surface area (TPSA) is 57.6 Å². The summed E-state index contributed by atoms with van der Waals surface area (Å²) in [4.78, 5) is 24.0. The maximum absolute atomic E-state index is 11.4. The summed E-state index contributed by atoms with van der Waals surface area (Å²) in [6.07, 6.45) is 0.375. The summed E-state index contributed by atoms with van der Waals surface area (Å²) in [6.45, 7) is 0.299. The number of nitrogens with zero attached hydrogens (tertiary/aromatic N) is 1. The monoisotopic (exact) mass is 233 g/mol. The van der Waals surface area contributed by atoms with E-state index in [-0.39, 0.29) is 11.8 Å². The van der Waals surface area contributed by atoms with Gasteiger partial charge in [0, 0.05) is 19.4 Å². The lowest BCUT2D eigenvalue weighted by atomic mass is 10.1. The van der Waals surface area contributed by atoms with Crippen molar-refractivity contribution in [2.45, 2.75) is 25.4 Å². The smallest absolute Gasteiger partial charge is 0.229 e. The Balaban J connectivity index is 1.90. The van der Waals surface area contributed by atoms with Crippen LogP contribution in [-0.2, 0) is 9.59 Å². The Hall–Kier alpha value is -1.68. The Kier molecular flexibility index (Phi) is 3.54. The van der Waals surface area contributed by atoms with Crippen LogP contribution in [0.15, 0.2) is 30.3 Å². The highest BCUT2D eigenvalue weighted by molar-refractivity contribution is 6.01. The average molecular weight is 233 g/mol. The highest BCUT2D eigenvalue weighted by Crippen LogP contribution is 2.19. The molecule has 2 rings (SSSR count). The molecule has 1 fully saturated rings. The van der Waals surface area contributed by atoms with Crippen LogP contribution >= 0.6 is 0 Å². The number of likely N-dealkylation sites (tertiary alicyclic amines) is 1. The Morgan fingerprint density at radius 2 is 1.71 bits per heavy atom. The van der Waals surface area contributed by atoms with E-state index in [0.29, 0.717) is 25.8 Å². The third kappa shape index (κ3) is 2.71. The molecule has 90 valence electrons. The lowest BCUT2D eigenvalue weighted by Crippen LogP contribution is -2.30. The summed E-state index contributed by atoms with van der Waals surface area (Å²) >= 11 is 0. The third-order valence-corrected chi connectivity index (χ3v) is 2.97. The van der Waals surface area contributed by atoms with E-state index in [1.165, 1.54) is 4.90 Å². The van der Waals surface area contributed by atoms with Crippen molar-refractivity contribution in [2.24, 2.45) is 0 Å². The van der Waals surface area contributed by atoms with Crippen LogP contribution in [0.1, 0.15) is 30.9 Å². The zero-order valence-electron chi connectivity index (χ0n) is 9.50. The largest absolute Gasteiger partial charge is 0.388 e. The molecule has 1 aliphatic rings. The quantitative estimate of drug-likeness (QED) is 0.796. The van der Waals surface area contributed by atoms with Crippen LogP contribution < -0.4 is 0 Å². The number of carbonyl (C=O) groups is 2. The average Bonchev–Trinajstić information content (AvgIpc) is 2.67. The molecule has 17 heavy (non-hydrogen) atoms. The van der Waals surface area contributed by atoms with Gasteiger partial charge in [0.15, 0.2) is 0 Å². The summed E-state index contributed by atoms with van der Waals surface area (Å²) in [7, 11) is 0. The maximum atomic E-state index is 11.4. The molecule has 0 radical (unpaired) electrons. The van der Waals surface area contributed by atoms with Crippen LogP contribution in [0.5, 0.6) is 0 Å². The molecule has 1 aromatic rings. The molecular weight excluding hydrogens is 218 g/mol. The van der Waals surface area contributed by atoms with Crippen molar-refractivity contribution in [3.05, 3.63) is 35.9 Å². The molecule has 1 N–H and O–H groups in total. The molecule has 0 aliphatic carbocycles. The predicted octanol–water partition coefficient (Wildman–Crippen LogP) is 1.26. The number of imide groups is 1. The first-order chi connectivity index (χ1) is 8.18. The van der Waals surface area contributed by atoms with Gasteiger partial charge in [-0.2, -0.15) is 0 Å². The SMILES string of the molecule is O=C1CCC(=O)N1CCC(O)c1ccccc1. The number of carbonyl (C=O) groups excluding carboxylic acids is 2. The minimum absolute atomic E-state index is 0.129. The first-order valence-electron chi connectivity index (χ1n) is 5.74. The van der Waals surface area contributed by atoms with Gasteiger partial charge in [0.1, 0.15) is 0 Å². The van der Waals surface area contributed by atoms with Gasteiger partial charge in [-0.15, -0.1) is 0 Å². The Morgan fingerprint density at radius 3 is 2.29 bits per heavy atom. The van der Waals surface area contributed by atoms with Crippen LogP contribution in [0.4, 0.5) is 0 Å². The second-order valence-electron chi connectivity index (χ2n) is 4.15. The van der Waals surface area contributed by atoms with Gasteiger partial charge in [-0.1, -0.05) is 30.3 Å². The van der Waals surface area contributed by atoms with Crippen LogP contribution in [0.2, 0.25) is 0 Å². The van der Waals surface area contributed by atoms with Crippen LogP contribution in [-0.4, -0.2) is 28.4 Å². The highest BCUT2D eigenvalue weighted by Gasteiger charge is 2.28. The van der Waals surface area contributed by atoms with Gasteiger partial charge in [-0.3, -0.25) is 14.5 Å². The molecule has 0 saturated carbocycles. The number of benzene rings is 1. The van der Waals surface area contributed by atoms with Crippen molar-refractivity contribution in [1.82, 2.24) is 4.90 Å². The number of hydrogen-bond donors (Lipinski definition) is 1. The van der Waals surface area contributed by atoms with Gasteiger partial charge in [-0.25, -0.2) is 0 Å². The van der Waals surface area contributed by atoms with Crippen LogP contribution in [0.3, 0.4) is 0 Å². The fourth-order valence-corrected chi connectivity index (χ4v) is 1.97. The van der Waals surface area contributed by atoms with Gasteiger partial charge in [-0.05, 0) is 12.0 Å². The number of aliphatic hydroxyl groups excluding tert-OH is 1. The first-order valence-corrected chi connectivity index (χ1v) is 5.74. The Bertz CT molecular complexity index is 400. The van der Waals surface area contributed by atoms with Gasteiger partial charge in [0.25, 0.3) is 0 Å². The van der Waals surface area contributed by atoms with E-state index in [4.69, 9.17) is 0 Å². The fraction of sp³-hybridized carbons (Fsp3) is 0.385. The lowest BCUT2D eigenvalue weighted by molar-refractivity contribution is -0.138. The molecule has 1 unspecified atom stereocenters. The van der Waals surface area contributed by atoms with Crippen molar-refractivity contribution < 1.29 is 14.7 Å². The molecule has 4 nitrogen and oxygen atoms in total. The zero-order valence-corrected chi connectivity index (χ0v) is 9.50. The molecule has 0 aromatic heterocycles. The minimum atomic E-state index is -0.627. The van der Waals surface area contributed by atoms with Crippen molar-refractivity contribution in [3.63, 3.8) is 0 Å². The molecule has 2 amide bonds. The fourth-order valence-electron chi connectivity index (χ4n) is 1.97. The molecule has 1 atom stereocenters. The molecule has 1 heterocycles. The molecule has 1 saturated heterocycles. The lowest BCUT2D eigenvalue weighted by Gasteiger charge is -2.16. The number of hydrogen-bond acceptors (Lipinski definition) is 3. The van der Waals surface area contributed by atoms with E-state index >= 15 is 0 Å². The number of amides is 2. The Labute approximate surface area is 99.9 Å². The minimum Gasteiger partial charge on any atom is -0.388 e. The second kappa shape index (κ2) is 5.10. The van der Waals surface area contributed by atoms with E-state index in [1.54, 1.807) is 0 Å². The van der Waals surface area contributed by atoms with Crippen molar-refractivity contribution in [3.8, 4) is 0 Å². The van der Waals surface area contributed by atoms with E-state index in [2.05, 4.69) is 0 Å². The molecule has 0 bridgehead atoms. The summed E-state index contributed by atoms with van der Waals surface area (Å²) in [6, 6.07) is 9.25. The van der Waals surface area contributed by atoms with Gasteiger partial charge in [0.2, 0.25) is 11.8 Å². The highest BCUT2D eigenvalue weighted by atomic mass is 16.3.